The summed E-state index contributed by atoms with van der Waals surface area (Å²) in [6.45, 7) is 12.9. The van der Waals surface area contributed by atoms with Crippen molar-refractivity contribution >= 4 is 0 Å². The summed E-state index contributed by atoms with van der Waals surface area (Å²) >= 11 is 0. The minimum absolute atomic E-state index is 0.332. The maximum atomic E-state index is 5.84. The van der Waals surface area contributed by atoms with Gasteiger partial charge in [-0.25, -0.2) is 0 Å². The molecule has 3 unspecified atom stereocenters. The molecule has 0 radical (unpaired) electrons. The molecule has 3 nitrogen and oxygen atoms in total. The molecule has 1 aromatic rings. The first-order chi connectivity index (χ1) is 10.1. The number of nitrogens with zero attached hydrogens (tertiary/aromatic N) is 1. The molecule has 3 heteroatoms. The Morgan fingerprint density at radius 3 is 2.38 bits per heavy atom. The van der Waals surface area contributed by atoms with Crippen molar-refractivity contribution in [1.29, 1.82) is 0 Å². The molecule has 3 atom stereocenters. The smallest absolute Gasteiger partial charge is 0.0678 e. The van der Waals surface area contributed by atoms with Crippen molar-refractivity contribution < 1.29 is 4.74 Å². The third-order valence-corrected chi connectivity index (χ3v) is 4.06. The minimum atomic E-state index is 0.332. The van der Waals surface area contributed by atoms with Crippen molar-refractivity contribution in [2.24, 2.45) is 0 Å². The molecule has 2 rings (SSSR count). The minimum Gasteiger partial charge on any atom is -0.373 e. The summed E-state index contributed by atoms with van der Waals surface area (Å²) in [5, 5.41) is 3.70. The molecule has 1 saturated heterocycles. The Balaban J connectivity index is 2.03. The van der Waals surface area contributed by atoms with Gasteiger partial charge in [-0.05, 0) is 39.3 Å². The number of rotatable bonds is 6. The Hall–Kier alpha value is -0.900. The van der Waals surface area contributed by atoms with Crippen LogP contribution < -0.4 is 5.32 Å². The van der Waals surface area contributed by atoms with E-state index in [9.17, 15) is 0 Å². The summed E-state index contributed by atoms with van der Waals surface area (Å²) in [7, 11) is 0. The second-order valence-corrected chi connectivity index (χ2v) is 6.39. The van der Waals surface area contributed by atoms with Crippen LogP contribution in [0.5, 0.6) is 0 Å². The largest absolute Gasteiger partial charge is 0.373 e. The Morgan fingerprint density at radius 1 is 1.19 bits per heavy atom. The average molecular weight is 290 g/mol. The Kier molecular flexibility index (Phi) is 6.22. The maximum Gasteiger partial charge on any atom is 0.0678 e. The lowest BCUT2D eigenvalue weighted by Gasteiger charge is -2.37. The number of benzene rings is 1. The molecule has 1 aliphatic heterocycles. The van der Waals surface area contributed by atoms with Gasteiger partial charge in [-0.15, -0.1) is 0 Å². The number of ether oxygens (including phenoxy) is 1. The molecule has 1 aromatic carbocycles. The second kappa shape index (κ2) is 7.92. The van der Waals surface area contributed by atoms with Gasteiger partial charge in [0.2, 0.25) is 0 Å². The second-order valence-electron chi connectivity index (χ2n) is 6.39. The highest BCUT2D eigenvalue weighted by Crippen LogP contribution is 2.19. The van der Waals surface area contributed by atoms with Crippen LogP contribution in [0.3, 0.4) is 0 Å². The van der Waals surface area contributed by atoms with E-state index in [1.807, 2.05) is 0 Å². The van der Waals surface area contributed by atoms with E-state index >= 15 is 0 Å². The van der Waals surface area contributed by atoms with Gasteiger partial charge in [-0.1, -0.05) is 36.8 Å². The molecule has 0 aliphatic carbocycles. The van der Waals surface area contributed by atoms with E-state index in [2.05, 4.69) is 62.2 Å². The molecule has 0 saturated carbocycles. The van der Waals surface area contributed by atoms with E-state index in [1.54, 1.807) is 0 Å². The van der Waals surface area contributed by atoms with Crippen LogP contribution in [0.4, 0.5) is 0 Å². The molecule has 21 heavy (non-hydrogen) atoms. The molecular formula is C18H30N2O. The molecule has 1 heterocycles. The molecule has 118 valence electrons. The molecule has 1 fully saturated rings. The van der Waals surface area contributed by atoms with Crippen molar-refractivity contribution in [3.63, 3.8) is 0 Å². The van der Waals surface area contributed by atoms with E-state index in [0.29, 0.717) is 18.2 Å². The molecule has 0 bridgehead atoms. The van der Waals surface area contributed by atoms with Gasteiger partial charge in [0.25, 0.3) is 0 Å². The van der Waals surface area contributed by atoms with Gasteiger partial charge >= 0.3 is 0 Å². The fourth-order valence-electron chi connectivity index (χ4n) is 3.10. The van der Waals surface area contributed by atoms with Crippen LogP contribution in [0.25, 0.3) is 0 Å². The van der Waals surface area contributed by atoms with Crippen LogP contribution in [0.15, 0.2) is 24.3 Å². The first-order valence-electron chi connectivity index (χ1n) is 8.26. The first-order valence-corrected chi connectivity index (χ1v) is 8.26. The van der Waals surface area contributed by atoms with Crippen molar-refractivity contribution in [1.82, 2.24) is 10.2 Å². The van der Waals surface area contributed by atoms with Crippen molar-refractivity contribution in [3.05, 3.63) is 35.4 Å². The molecular weight excluding hydrogens is 260 g/mol. The molecule has 0 amide bonds. The van der Waals surface area contributed by atoms with E-state index in [4.69, 9.17) is 4.74 Å². The standard InChI is InChI=1S/C18H30N2O/c1-5-10-19-18(17-8-6-14(2)7-9-17)13-20-11-15(3)21-16(4)12-20/h6-9,15-16,18-19H,5,10-13H2,1-4H3. The highest BCUT2D eigenvalue weighted by atomic mass is 16.5. The van der Waals surface area contributed by atoms with E-state index < -0.39 is 0 Å². The fraction of sp³-hybridized carbons (Fsp3) is 0.667. The van der Waals surface area contributed by atoms with Gasteiger partial charge in [0.1, 0.15) is 0 Å². The summed E-state index contributed by atoms with van der Waals surface area (Å²) in [5.74, 6) is 0. The molecule has 0 aromatic heterocycles. The first kappa shape index (κ1) is 16.5. The Labute approximate surface area is 129 Å². The highest BCUT2D eigenvalue weighted by Gasteiger charge is 2.24. The quantitative estimate of drug-likeness (QED) is 0.871. The summed E-state index contributed by atoms with van der Waals surface area (Å²) in [6.07, 6.45) is 1.83. The average Bonchev–Trinajstić information content (AvgIpc) is 2.43. The monoisotopic (exact) mass is 290 g/mol. The summed E-state index contributed by atoms with van der Waals surface area (Å²) < 4.78 is 5.84. The Bertz CT molecular complexity index is 408. The lowest BCUT2D eigenvalue weighted by atomic mass is 10.0. The zero-order chi connectivity index (χ0) is 15.2. The third kappa shape index (κ3) is 5.10. The predicted molar refractivity (Wildman–Crippen MR) is 88.7 cm³/mol. The Morgan fingerprint density at radius 2 is 1.81 bits per heavy atom. The van der Waals surface area contributed by atoms with Crippen LogP contribution in [0.1, 0.15) is 44.4 Å². The van der Waals surface area contributed by atoms with Crippen LogP contribution in [0, 0.1) is 6.92 Å². The van der Waals surface area contributed by atoms with Crippen molar-refractivity contribution in [3.8, 4) is 0 Å². The molecule has 1 N–H and O–H groups in total. The van der Waals surface area contributed by atoms with Gasteiger partial charge in [-0.3, -0.25) is 4.90 Å². The van der Waals surface area contributed by atoms with Gasteiger partial charge in [0.15, 0.2) is 0 Å². The SMILES string of the molecule is CCCNC(CN1CC(C)OC(C)C1)c1ccc(C)cc1. The van der Waals surface area contributed by atoms with Crippen LogP contribution >= 0.6 is 0 Å². The van der Waals surface area contributed by atoms with Crippen molar-refractivity contribution in [2.45, 2.75) is 52.4 Å². The highest BCUT2D eigenvalue weighted by molar-refractivity contribution is 5.24. The van der Waals surface area contributed by atoms with Gasteiger partial charge in [-0.2, -0.15) is 0 Å². The number of hydrogen-bond acceptors (Lipinski definition) is 3. The normalized spacial score (nSPS) is 25.0. The van der Waals surface area contributed by atoms with Crippen LogP contribution in [-0.2, 0) is 4.74 Å². The van der Waals surface area contributed by atoms with Crippen molar-refractivity contribution in [2.75, 3.05) is 26.2 Å². The van der Waals surface area contributed by atoms with Crippen LogP contribution in [0.2, 0.25) is 0 Å². The van der Waals surface area contributed by atoms with E-state index in [-0.39, 0.29) is 0 Å². The fourth-order valence-corrected chi connectivity index (χ4v) is 3.10. The lowest BCUT2D eigenvalue weighted by Crippen LogP contribution is -2.48. The molecule has 0 spiro atoms. The summed E-state index contributed by atoms with van der Waals surface area (Å²) in [5.41, 5.74) is 2.71. The van der Waals surface area contributed by atoms with E-state index in [1.165, 1.54) is 11.1 Å². The molecule has 1 aliphatic rings. The summed E-state index contributed by atoms with van der Waals surface area (Å²) in [4.78, 5) is 2.53. The van der Waals surface area contributed by atoms with Gasteiger partial charge in [0, 0.05) is 25.7 Å². The van der Waals surface area contributed by atoms with Crippen LogP contribution in [-0.4, -0.2) is 43.3 Å². The van der Waals surface area contributed by atoms with Gasteiger partial charge < -0.3 is 10.1 Å². The lowest BCUT2D eigenvalue weighted by molar-refractivity contribution is -0.0699. The predicted octanol–water partition coefficient (Wildman–Crippen LogP) is 3.14. The zero-order valence-electron chi connectivity index (χ0n) is 13.9. The third-order valence-electron chi connectivity index (χ3n) is 4.06. The summed E-state index contributed by atoms with van der Waals surface area (Å²) in [6, 6.07) is 9.34. The number of nitrogens with one attached hydrogen (secondary N) is 1. The van der Waals surface area contributed by atoms with E-state index in [0.717, 1.165) is 32.6 Å². The number of aryl methyl sites for hydroxylation is 1. The topological polar surface area (TPSA) is 24.5 Å². The maximum absolute atomic E-state index is 5.84. The zero-order valence-corrected chi connectivity index (χ0v) is 13.9. The number of morpholine rings is 1. The number of hydrogen-bond donors (Lipinski definition) is 1. The van der Waals surface area contributed by atoms with Gasteiger partial charge in [0.05, 0.1) is 12.2 Å².